The Bertz CT molecular complexity index is 1290. The summed E-state index contributed by atoms with van der Waals surface area (Å²) in [5.74, 6) is 0.524. The number of nitrogens with one attached hydrogen (secondary N) is 1. The van der Waals surface area contributed by atoms with E-state index in [4.69, 9.17) is 4.74 Å². The number of nitrogens with zero attached hydrogens (tertiary/aromatic N) is 4. The van der Waals surface area contributed by atoms with E-state index in [1.165, 1.54) is 0 Å². The van der Waals surface area contributed by atoms with Crippen LogP contribution in [0.2, 0.25) is 0 Å². The Morgan fingerprint density at radius 1 is 1.10 bits per heavy atom. The summed E-state index contributed by atoms with van der Waals surface area (Å²) in [6, 6.07) is 16.7. The van der Waals surface area contributed by atoms with Crippen molar-refractivity contribution in [3.8, 4) is 11.4 Å². The van der Waals surface area contributed by atoms with Crippen LogP contribution in [0, 0.1) is 6.92 Å². The number of anilines is 1. The molecule has 0 bridgehead atoms. The lowest BCUT2D eigenvalue weighted by Gasteiger charge is -2.09. The summed E-state index contributed by atoms with van der Waals surface area (Å²) in [6.45, 7) is 1.86. The number of rotatable bonds is 6. The molecule has 0 unspecified atom stereocenters. The summed E-state index contributed by atoms with van der Waals surface area (Å²) < 4.78 is 8.38. The van der Waals surface area contributed by atoms with Crippen LogP contribution in [0.3, 0.4) is 0 Å². The Balaban J connectivity index is 1.57. The van der Waals surface area contributed by atoms with Crippen LogP contribution in [0.5, 0.6) is 5.75 Å². The molecule has 31 heavy (non-hydrogen) atoms. The normalized spacial score (nSPS) is 10.9. The third-order valence-electron chi connectivity index (χ3n) is 5.08. The minimum absolute atomic E-state index is 0.144. The zero-order chi connectivity index (χ0) is 22.0. The Hall–Kier alpha value is -3.94. The number of carbonyl (C=O) groups excluding carboxylic acids is 1. The maximum atomic E-state index is 12.9. The molecule has 0 radical (unpaired) electrons. The molecule has 0 saturated carbocycles. The first kappa shape index (κ1) is 20.3. The molecule has 2 aromatic heterocycles. The fraction of sp³-hybridized carbons (Fsp3) is 0.217. The number of benzene rings is 2. The number of ether oxygens (including phenoxy) is 1. The van der Waals surface area contributed by atoms with Crippen LogP contribution in [0.15, 0.2) is 59.4 Å². The van der Waals surface area contributed by atoms with Gasteiger partial charge in [-0.3, -0.25) is 14.2 Å². The molecule has 4 aromatic rings. The van der Waals surface area contributed by atoms with Crippen molar-refractivity contribution in [2.45, 2.75) is 19.8 Å². The van der Waals surface area contributed by atoms with Crippen molar-refractivity contribution in [1.82, 2.24) is 19.3 Å². The first-order valence-corrected chi connectivity index (χ1v) is 9.92. The minimum atomic E-state index is -0.234. The predicted molar refractivity (Wildman–Crippen MR) is 119 cm³/mol. The molecule has 0 saturated heterocycles. The maximum absolute atomic E-state index is 12.9. The summed E-state index contributed by atoms with van der Waals surface area (Å²) in [6.07, 6.45) is 0.381. The molecule has 2 aromatic carbocycles. The van der Waals surface area contributed by atoms with Crippen LogP contribution in [-0.2, 0) is 18.3 Å². The minimum Gasteiger partial charge on any atom is -0.497 e. The second-order valence-electron chi connectivity index (χ2n) is 7.20. The van der Waals surface area contributed by atoms with Crippen molar-refractivity contribution in [1.29, 1.82) is 0 Å². The third kappa shape index (κ3) is 4.05. The SMILES string of the molecule is COc1ccc(NC(=O)CCc2nc3c(C)nn(-c4ccccc4)c3n(C)c2=O)cc1. The highest BCUT2D eigenvalue weighted by molar-refractivity contribution is 5.90. The van der Waals surface area contributed by atoms with Gasteiger partial charge >= 0.3 is 0 Å². The molecular formula is C23H23N5O3. The molecule has 0 spiro atoms. The molecule has 1 amide bonds. The summed E-state index contributed by atoms with van der Waals surface area (Å²) >= 11 is 0. The summed E-state index contributed by atoms with van der Waals surface area (Å²) in [4.78, 5) is 29.9. The summed E-state index contributed by atoms with van der Waals surface area (Å²) in [5.41, 5.74) is 3.62. The molecule has 2 heterocycles. The van der Waals surface area contributed by atoms with Crippen LogP contribution >= 0.6 is 0 Å². The van der Waals surface area contributed by atoms with Gasteiger partial charge in [-0.25, -0.2) is 9.67 Å². The fourth-order valence-corrected chi connectivity index (χ4v) is 3.45. The predicted octanol–water partition coefficient (Wildman–Crippen LogP) is 3.01. The standard InChI is InChI=1S/C23H23N5O3/c1-15-21-22(28(26-15)17-7-5-4-6-8-17)27(2)23(30)19(25-21)13-14-20(29)24-16-9-11-18(31-3)12-10-16/h4-12H,13-14H2,1-3H3,(H,24,29). The van der Waals surface area contributed by atoms with E-state index in [1.54, 1.807) is 47.7 Å². The number of hydrogen-bond donors (Lipinski definition) is 1. The largest absolute Gasteiger partial charge is 0.497 e. The molecule has 158 valence electrons. The molecule has 8 heteroatoms. The molecule has 0 aliphatic carbocycles. The van der Waals surface area contributed by atoms with Crippen molar-refractivity contribution in [2.24, 2.45) is 7.05 Å². The lowest BCUT2D eigenvalue weighted by Crippen LogP contribution is -2.25. The smallest absolute Gasteiger partial charge is 0.273 e. The average molecular weight is 417 g/mol. The average Bonchev–Trinajstić information content (AvgIpc) is 3.12. The van der Waals surface area contributed by atoms with Crippen molar-refractivity contribution in [3.05, 3.63) is 76.3 Å². The number of amides is 1. The molecule has 0 fully saturated rings. The Morgan fingerprint density at radius 2 is 1.81 bits per heavy atom. The van der Waals surface area contributed by atoms with Gasteiger partial charge in [-0.2, -0.15) is 5.10 Å². The Kier molecular flexibility index (Phi) is 5.53. The van der Waals surface area contributed by atoms with E-state index in [0.717, 1.165) is 11.4 Å². The molecule has 1 N–H and O–H groups in total. The highest BCUT2D eigenvalue weighted by atomic mass is 16.5. The van der Waals surface area contributed by atoms with Crippen LogP contribution in [0.25, 0.3) is 16.9 Å². The van der Waals surface area contributed by atoms with Crippen LogP contribution < -0.4 is 15.6 Å². The van der Waals surface area contributed by atoms with Crippen LogP contribution in [0.1, 0.15) is 17.8 Å². The van der Waals surface area contributed by atoms with Crippen LogP contribution in [-0.4, -0.2) is 32.3 Å². The van der Waals surface area contributed by atoms with Crippen molar-refractivity contribution < 1.29 is 9.53 Å². The molecule has 0 aliphatic rings. The zero-order valence-corrected chi connectivity index (χ0v) is 17.6. The monoisotopic (exact) mass is 417 g/mol. The number of fused-ring (bicyclic) bond motifs is 1. The van der Waals surface area contributed by atoms with E-state index in [-0.39, 0.29) is 24.3 Å². The van der Waals surface area contributed by atoms with Gasteiger partial charge in [0.15, 0.2) is 5.65 Å². The third-order valence-corrected chi connectivity index (χ3v) is 5.08. The number of aromatic nitrogens is 4. The van der Waals surface area contributed by atoms with Crippen molar-refractivity contribution in [3.63, 3.8) is 0 Å². The number of aryl methyl sites for hydroxylation is 3. The number of carbonyl (C=O) groups is 1. The van der Waals surface area contributed by atoms with Crippen molar-refractivity contribution >= 4 is 22.8 Å². The second kappa shape index (κ2) is 8.43. The molecular weight excluding hydrogens is 394 g/mol. The van der Waals surface area contributed by atoms with E-state index in [2.05, 4.69) is 15.4 Å². The van der Waals surface area contributed by atoms with Gasteiger partial charge < -0.3 is 10.1 Å². The van der Waals surface area contributed by atoms with Gasteiger partial charge in [-0.1, -0.05) is 18.2 Å². The number of para-hydroxylation sites is 1. The van der Waals surface area contributed by atoms with Crippen LogP contribution in [0.4, 0.5) is 5.69 Å². The van der Waals surface area contributed by atoms with Gasteiger partial charge in [0.1, 0.15) is 17.0 Å². The first-order valence-electron chi connectivity index (χ1n) is 9.92. The summed E-state index contributed by atoms with van der Waals surface area (Å²) in [7, 11) is 3.29. The first-order chi connectivity index (χ1) is 15.0. The number of methoxy groups -OCH3 is 1. The molecule has 0 aliphatic heterocycles. The molecule has 0 atom stereocenters. The quantitative estimate of drug-likeness (QED) is 0.521. The topological polar surface area (TPSA) is 91.0 Å². The van der Waals surface area contributed by atoms with Gasteiger partial charge in [0.25, 0.3) is 5.56 Å². The van der Waals surface area contributed by atoms with Gasteiger partial charge in [-0.15, -0.1) is 0 Å². The molecule has 4 rings (SSSR count). The summed E-state index contributed by atoms with van der Waals surface area (Å²) in [5, 5.41) is 7.40. The highest BCUT2D eigenvalue weighted by Crippen LogP contribution is 2.19. The van der Waals surface area contributed by atoms with Gasteiger partial charge in [-0.05, 0) is 43.3 Å². The van der Waals surface area contributed by atoms with E-state index in [1.807, 2.05) is 37.3 Å². The zero-order valence-electron chi connectivity index (χ0n) is 17.6. The highest BCUT2D eigenvalue weighted by Gasteiger charge is 2.18. The van der Waals surface area contributed by atoms with E-state index >= 15 is 0 Å². The van der Waals surface area contributed by atoms with Gasteiger partial charge in [0.2, 0.25) is 5.91 Å². The number of hydrogen-bond acceptors (Lipinski definition) is 5. The maximum Gasteiger partial charge on any atom is 0.273 e. The lowest BCUT2D eigenvalue weighted by atomic mass is 10.2. The second-order valence-corrected chi connectivity index (χ2v) is 7.20. The van der Waals surface area contributed by atoms with Gasteiger partial charge in [0, 0.05) is 25.6 Å². The Morgan fingerprint density at radius 3 is 2.48 bits per heavy atom. The lowest BCUT2D eigenvalue weighted by molar-refractivity contribution is -0.116. The fourth-order valence-electron chi connectivity index (χ4n) is 3.45. The van der Waals surface area contributed by atoms with Crippen molar-refractivity contribution in [2.75, 3.05) is 12.4 Å². The van der Waals surface area contributed by atoms with Gasteiger partial charge in [0.05, 0.1) is 18.5 Å². The van der Waals surface area contributed by atoms with E-state index in [9.17, 15) is 9.59 Å². The van der Waals surface area contributed by atoms with E-state index in [0.29, 0.717) is 28.3 Å². The molecule has 8 nitrogen and oxygen atoms in total. The van der Waals surface area contributed by atoms with E-state index < -0.39 is 0 Å². The Labute approximate surface area is 179 Å².